The van der Waals surface area contributed by atoms with Crippen molar-refractivity contribution in [1.29, 1.82) is 0 Å². The van der Waals surface area contributed by atoms with Crippen molar-refractivity contribution >= 4 is 43.5 Å². The molecule has 7 nitrogen and oxygen atoms in total. The Morgan fingerprint density at radius 1 is 0.946 bits per heavy atom. The van der Waals surface area contributed by atoms with Crippen LogP contribution in [0.15, 0.2) is 88.2 Å². The zero-order valence-corrected chi connectivity index (χ0v) is 23.6. The quantitative estimate of drug-likeness (QED) is 0.347. The number of nitrogens with one attached hydrogen (secondary N) is 1. The third-order valence-electron chi connectivity index (χ3n) is 6.04. The van der Waals surface area contributed by atoms with Crippen LogP contribution >= 0.6 is 15.9 Å². The maximum absolute atomic E-state index is 13.8. The van der Waals surface area contributed by atoms with Gasteiger partial charge in [-0.15, -0.1) is 0 Å². The van der Waals surface area contributed by atoms with Gasteiger partial charge < -0.3 is 10.2 Å². The molecule has 0 saturated carbocycles. The molecule has 9 heteroatoms. The number of sulfonamides is 1. The average Bonchev–Trinajstić information content (AvgIpc) is 2.90. The number of amides is 2. The molecule has 3 aromatic carbocycles. The van der Waals surface area contributed by atoms with Crippen LogP contribution in [0.3, 0.4) is 0 Å². The van der Waals surface area contributed by atoms with E-state index in [2.05, 4.69) is 21.2 Å². The molecule has 0 fully saturated rings. The Balaban J connectivity index is 2.01. The molecule has 0 aromatic heterocycles. The van der Waals surface area contributed by atoms with Crippen LogP contribution in [0.4, 0.5) is 5.69 Å². The van der Waals surface area contributed by atoms with E-state index in [-0.39, 0.29) is 17.3 Å². The first-order chi connectivity index (χ1) is 17.6. The third kappa shape index (κ3) is 7.20. The first kappa shape index (κ1) is 28.4. The summed E-state index contributed by atoms with van der Waals surface area (Å²) in [5.74, 6) is -0.769. The number of anilines is 1. The van der Waals surface area contributed by atoms with E-state index in [0.29, 0.717) is 12.2 Å². The van der Waals surface area contributed by atoms with Crippen molar-refractivity contribution in [2.45, 2.75) is 44.7 Å². The molecule has 0 aliphatic heterocycles. The Bertz CT molecular complexity index is 1310. The number of hydrogen-bond donors (Lipinski definition) is 1. The van der Waals surface area contributed by atoms with Crippen LogP contribution in [-0.2, 0) is 26.2 Å². The molecule has 0 spiro atoms. The van der Waals surface area contributed by atoms with E-state index in [1.165, 1.54) is 17.0 Å². The zero-order chi connectivity index (χ0) is 27.0. The summed E-state index contributed by atoms with van der Waals surface area (Å²) in [6.07, 6.45) is 0.761. The second kappa shape index (κ2) is 12.9. The molecule has 0 bridgehead atoms. The molecule has 0 aliphatic rings. The topological polar surface area (TPSA) is 86.8 Å². The predicted octanol–water partition coefficient (Wildman–Crippen LogP) is 4.90. The van der Waals surface area contributed by atoms with Gasteiger partial charge in [0.2, 0.25) is 11.8 Å². The monoisotopic (exact) mass is 585 g/mol. The van der Waals surface area contributed by atoms with E-state index in [0.717, 1.165) is 26.3 Å². The fourth-order valence-electron chi connectivity index (χ4n) is 3.81. The standard InChI is InChI=1S/C28H32BrN3O4S/c1-4-18-30-28(34)22(3)31(19-23-11-9-8-10-21(23)2)27(33)20-32(25-16-14-24(29)15-17-25)37(35,36)26-12-6-5-7-13-26/h5-17,22H,4,18-20H2,1-3H3,(H,30,34)/t22-/m1/s1. The molecule has 0 heterocycles. The highest BCUT2D eigenvalue weighted by Crippen LogP contribution is 2.26. The Morgan fingerprint density at radius 2 is 1.57 bits per heavy atom. The van der Waals surface area contributed by atoms with Crippen molar-refractivity contribution in [3.8, 4) is 0 Å². The van der Waals surface area contributed by atoms with Gasteiger partial charge in [-0.05, 0) is 67.8 Å². The lowest BCUT2D eigenvalue weighted by Crippen LogP contribution is -2.51. The Morgan fingerprint density at radius 3 is 2.19 bits per heavy atom. The number of benzene rings is 3. The molecule has 3 rings (SSSR count). The van der Waals surface area contributed by atoms with Crippen molar-refractivity contribution in [1.82, 2.24) is 10.2 Å². The summed E-state index contributed by atoms with van der Waals surface area (Å²) in [5, 5.41) is 2.85. The van der Waals surface area contributed by atoms with Crippen LogP contribution in [0.5, 0.6) is 0 Å². The van der Waals surface area contributed by atoms with Gasteiger partial charge in [-0.2, -0.15) is 0 Å². The van der Waals surface area contributed by atoms with Gasteiger partial charge in [0.1, 0.15) is 12.6 Å². The maximum Gasteiger partial charge on any atom is 0.264 e. The molecular formula is C28H32BrN3O4S. The number of carbonyl (C=O) groups excluding carboxylic acids is 2. The fraction of sp³-hybridized carbons (Fsp3) is 0.286. The van der Waals surface area contributed by atoms with E-state index >= 15 is 0 Å². The highest BCUT2D eigenvalue weighted by molar-refractivity contribution is 9.10. The molecule has 0 aliphatic carbocycles. The van der Waals surface area contributed by atoms with Gasteiger partial charge in [0, 0.05) is 17.6 Å². The highest BCUT2D eigenvalue weighted by Gasteiger charge is 2.32. The molecule has 37 heavy (non-hydrogen) atoms. The molecule has 1 atom stereocenters. The Kier molecular flexibility index (Phi) is 9.88. The highest BCUT2D eigenvalue weighted by atomic mass is 79.9. The second-order valence-corrected chi connectivity index (χ2v) is 11.5. The lowest BCUT2D eigenvalue weighted by molar-refractivity contribution is -0.139. The van der Waals surface area contributed by atoms with Gasteiger partial charge >= 0.3 is 0 Å². The summed E-state index contributed by atoms with van der Waals surface area (Å²) in [6, 6.07) is 21.5. The van der Waals surface area contributed by atoms with Crippen molar-refractivity contribution in [2.75, 3.05) is 17.4 Å². The largest absolute Gasteiger partial charge is 0.354 e. The number of aryl methyl sites for hydroxylation is 1. The van der Waals surface area contributed by atoms with Crippen LogP contribution in [-0.4, -0.2) is 44.3 Å². The van der Waals surface area contributed by atoms with E-state index in [1.807, 2.05) is 38.1 Å². The third-order valence-corrected chi connectivity index (χ3v) is 8.36. The molecular weight excluding hydrogens is 554 g/mol. The fourth-order valence-corrected chi connectivity index (χ4v) is 5.50. The summed E-state index contributed by atoms with van der Waals surface area (Å²) < 4.78 is 29.3. The predicted molar refractivity (Wildman–Crippen MR) is 150 cm³/mol. The number of hydrogen-bond acceptors (Lipinski definition) is 4. The van der Waals surface area contributed by atoms with Crippen molar-refractivity contribution < 1.29 is 18.0 Å². The lowest BCUT2D eigenvalue weighted by Gasteiger charge is -2.32. The summed E-state index contributed by atoms with van der Waals surface area (Å²) in [4.78, 5) is 28.2. The van der Waals surface area contributed by atoms with Crippen molar-refractivity contribution in [2.24, 2.45) is 0 Å². The van der Waals surface area contributed by atoms with Gasteiger partial charge in [-0.1, -0.05) is 65.3 Å². The Labute approximate surface area is 227 Å². The Hall–Kier alpha value is -3.17. The lowest BCUT2D eigenvalue weighted by atomic mass is 10.1. The average molecular weight is 587 g/mol. The van der Waals surface area contributed by atoms with Crippen LogP contribution < -0.4 is 9.62 Å². The molecule has 196 valence electrons. The van der Waals surface area contributed by atoms with E-state index in [9.17, 15) is 18.0 Å². The molecule has 0 unspecified atom stereocenters. The van der Waals surface area contributed by atoms with Crippen LogP contribution in [0.2, 0.25) is 0 Å². The number of halogens is 1. The van der Waals surface area contributed by atoms with Gasteiger partial charge in [0.15, 0.2) is 0 Å². The summed E-state index contributed by atoms with van der Waals surface area (Å²) >= 11 is 3.38. The minimum absolute atomic E-state index is 0.0740. The van der Waals surface area contributed by atoms with Gasteiger partial charge in [0.05, 0.1) is 10.6 Å². The zero-order valence-electron chi connectivity index (χ0n) is 21.2. The number of rotatable bonds is 11. The molecule has 3 aromatic rings. The van der Waals surface area contributed by atoms with Gasteiger partial charge in [0.25, 0.3) is 10.0 Å². The summed E-state index contributed by atoms with van der Waals surface area (Å²) in [7, 11) is -4.07. The summed E-state index contributed by atoms with van der Waals surface area (Å²) in [6.45, 7) is 5.75. The van der Waals surface area contributed by atoms with E-state index < -0.39 is 28.5 Å². The SMILES string of the molecule is CCCNC(=O)[C@@H](C)N(Cc1ccccc1C)C(=O)CN(c1ccc(Br)cc1)S(=O)(=O)c1ccccc1. The molecule has 2 amide bonds. The first-order valence-electron chi connectivity index (χ1n) is 12.1. The van der Waals surface area contributed by atoms with Crippen molar-refractivity contribution in [3.63, 3.8) is 0 Å². The van der Waals surface area contributed by atoms with Crippen LogP contribution in [0.25, 0.3) is 0 Å². The normalized spacial score (nSPS) is 12.0. The van der Waals surface area contributed by atoms with Gasteiger partial charge in [-0.3, -0.25) is 13.9 Å². The van der Waals surface area contributed by atoms with Crippen molar-refractivity contribution in [3.05, 3.63) is 94.5 Å². The minimum Gasteiger partial charge on any atom is -0.354 e. The molecule has 1 N–H and O–H groups in total. The van der Waals surface area contributed by atoms with E-state index in [4.69, 9.17) is 0 Å². The minimum atomic E-state index is -4.07. The summed E-state index contributed by atoms with van der Waals surface area (Å²) in [5.41, 5.74) is 2.20. The number of carbonyl (C=O) groups is 2. The van der Waals surface area contributed by atoms with Gasteiger partial charge in [-0.25, -0.2) is 8.42 Å². The number of nitrogens with zero attached hydrogens (tertiary/aromatic N) is 2. The maximum atomic E-state index is 13.8. The van der Waals surface area contributed by atoms with E-state index in [1.54, 1.807) is 49.4 Å². The molecule has 0 radical (unpaired) electrons. The smallest absolute Gasteiger partial charge is 0.264 e. The van der Waals surface area contributed by atoms with Crippen LogP contribution in [0, 0.1) is 6.92 Å². The second-order valence-electron chi connectivity index (χ2n) is 8.72. The molecule has 0 saturated heterocycles. The first-order valence-corrected chi connectivity index (χ1v) is 14.3. The van der Waals surface area contributed by atoms with Crippen LogP contribution in [0.1, 0.15) is 31.4 Å².